The molecular formula is C11H13N2NaO5. The van der Waals surface area contributed by atoms with Gasteiger partial charge in [0.05, 0.1) is 19.2 Å². The van der Waals surface area contributed by atoms with Crippen LogP contribution >= 0.6 is 0 Å². The van der Waals surface area contributed by atoms with Crippen molar-refractivity contribution in [1.29, 1.82) is 0 Å². The van der Waals surface area contributed by atoms with Crippen molar-refractivity contribution >= 4 is 47.5 Å². The van der Waals surface area contributed by atoms with Gasteiger partial charge in [-0.3, -0.25) is 10.1 Å². The molecule has 1 saturated heterocycles. The van der Waals surface area contributed by atoms with Crippen molar-refractivity contribution < 1.29 is 24.2 Å². The molecule has 0 aromatic heterocycles. The molecule has 1 aromatic carbocycles. The fourth-order valence-electron chi connectivity index (χ4n) is 1.09. The Balaban J connectivity index is 0.000000352. The first-order valence-electron chi connectivity index (χ1n) is 4.98. The van der Waals surface area contributed by atoms with Crippen LogP contribution in [0.1, 0.15) is 10.4 Å². The minimum atomic E-state index is -0.398. The summed E-state index contributed by atoms with van der Waals surface area (Å²) in [6.45, 7) is 0.124. The minimum absolute atomic E-state index is 0. The maximum absolute atomic E-state index is 10.8. The first-order chi connectivity index (χ1) is 8.52. The van der Waals surface area contributed by atoms with Gasteiger partial charge in [0.1, 0.15) is 5.75 Å². The van der Waals surface area contributed by atoms with E-state index >= 15 is 0 Å². The first-order valence-corrected chi connectivity index (χ1v) is 4.98. The summed E-state index contributed by atoms with van der Waals surface area (Å²) in [5.74, 6) is -0.521. The van der Waals surface area contributed by atoms with Crippen molar-refractivity contribution in [2.45, 2.75) is 0 Å². The molecule has 3 N–H and O–H groups in total. The number of urea groups is 1. The van der Waals surface area contributed by atoms with Crippen LogP contribution in [-0.2, 0) is 9.53 Å². The van der Waals surface area contributed by atoms with Gasteiger partial charge in [0.15, 0.2) is 0 Å². The van der Waals surface area contributed by atoms with Crippen LogP contribution in [0, 0.1) is 0 Å². The molecule has 7 nitrogen and oxygen atoms in total. The van der Waals surface area contributed by atoms with Crippen LogP contribution in [0.4, 0.5) is 4.79 Å². The summed E-state index contributed by atoms with van der Waals surface area (Å²) in [7, 11) is 1.31. The molecule has 0 aliphatic carbocycles. The molecule has 1 aliphatic heterocycles. The van der Waals surface area contributed by atoms with E-state index in [0.717, 1.165) is 0 Å². The number of phenols is 1. The van der Waals surface area contributed by atoms with E-state index < -0.39 is 12.0 Å². The number of esters is 1. The number of hydrogen-bond donors (Lipinski definition) is 3. The number of hydrogen-bond acceptors (Lipinski definition) is 5. The molecule has 0 unspecified atom stereocenters. The van der Waals surface area contributed by atoms with Gasteiger partial charge in [0.25, 0.3) is 0 Å². The third kappa shape index (κ3) is 6.23. The Hall–Kier alpha value is -1.57. The summed E-state index contributed by atoms with van der Waals surface area (Å²) in [6.07, 6.45) is 0. The SMILES string of the molecule is COC(=O)c1ccc(O)cc1.O=C1CNC(=O)N1.[NaH]. The van der Waals surface area contributed by atoms with E-state index in [0.29, 0.717) is 5.56 Å². The molecule has 0 atom stereocenters. The molecule has 2 rings (SSSR count). The molecule has 3 amide bonds. The fourth-order valence-corrected chi connectivity index (χ4v) is 1.09. The van der Waals surface area contributed by atoms with Crippen molar-refractivity contribution in [3.05, 3.63) is 29.8 Å². The molecule has 19 heavy (non-hydrogen) atoms. The van der Waals surface area contributed by atoms with Gasteiger partial charge in [-0.1, -0.05) is 0 Å². The van der Waals surface area contributed by atoms with E-state index in [9.17, 15) is 14.4 Å². The zero-order valence-electron chi connectivity index (χ0n) is 9.60. The number of amides is 3. The van der Waals surface area contributed by atoms with E-state index in [4.69, 9.17) is 5.11 Å². The third-order valence-electron chi connectivity index (χ3n) is 1.95. The Kier molecular flexibility index (Phi) is 7.81. The van der Waals surface area contributed by atoms with Crippen molar-refractivity contribution in [1.82, 2.24) is 10.6 Å². The van der Waals surface area contributed by atoms with E-state index in [1.807, 2.05) is 5.32 Å². The number of carbonyl (C=O) groups is 3. The van der Waals surface area contributed by atoms with Gasteiger partial charge < -0.3 is 15.2 Å². The fraction of sp³-hybridized carbons (Fsp3) is 0.182. The van der Waals surface area contributed by atoms with E-state index in [2.05, 4.69) is 10.1 Å². The predicted molar refractivity (Wildman–Crippen MR) is 68.1 cm³/mol. The van der Waals surface area contributed by atoms with Crippen LogP contribution in [0.25, 0.3) is 0 Å². The maximum atomic E-state index is 10.8. The molecule has 1 aromatic rings. The standard InChI is InChI=1S/C8H8O3.C3H4N2O2.Na.H/c1-11-8(10)6-2-4-7(9)5-3-6;6-2-1-4-3(7)5-2;;/h2-5,9H,1H3;1H2,(H2,4,5,6,7);;. The Bertz CT molecular complexity index is 447. The average molecular weight is 276 g/mol. The van der Waals surface area contributed by atoms with Crippen LogP contribution < -0.4 is 10.6 Å². The molecule has 0 bridgehead atoms. The number of aromatic hydroxyl groups is 1. The number of ether oxygens (including phenoxy) is 1. The van der Waals surface area contributed by atoms with E-state index in [1.54, 1.807) is 0 Å². The van der Waals surface area contributed by atoms with E-state index in [-0.39, 0.29) is 47.8 Å². The van der Waals surface area contributed by atoms with Gasteiger partial charge in [0, 0.05) is 0 Å². The second-order valence-electron chi connectivity index (χ2n) is 3.27. The summed E-state index contributed by atoms with van der Waals surface area (Å²) >= 11 is 0. The molecule has 0 spiro atoms. The second kappa shape index (κ2) is 8.52. The molecule has 1 fully saturated rings. The normalized spacial score (nSPS) is 12.3. The van der Waals surface area contributed by atoms with Gasteiger partial charge in [-0.25, -0.2) is 9.59 Å². The molecule has 98 valence electrons. The first kappa shape index (κ1) is 17.4. The van der Waals surface area contributed by atoms with Crippen LogP contribution in [0.2, 0.25) is 0 Å². The van der Waals surface area contributed by atoms with Crippen molar-refractivity contribution in [3.8, 4) is 5.75 Å². The van der Waals surface area contributed by atoms with Crippen LogP contribution in [0.15, 0.2) is 24.3 Å². The number of nitrogens with one attached hydrogen (secondary N) is 2. The number of methoxy groups -OCH3 is 1. The molecule has 8 heteroatoms. The van der Waals surface area contributed by atoms with Crippen molar-refractivity contribution in [3.63, 3.8) is 0 Å². The summed E-state index contributed by atoms with van der Waals surface area (Å²) in [5, 5.41) is 13.2. The summed E-state index contributed by atoms with van der Waals surface area (Å²) in [5.41, 5.74) is 0.435. The van der Waals surface area contributed by atoms with Crippen LogP contribution in [-0.4, -0.2) is 66.2 Å². The molecule has 0 radical (unpaired) electrons. The number of rotatable bonds is 1. The summed E-state index contributed by atoms with van der Waals surface area (Å²) in [6, 6.07) is 5.48. The number of phenolic OH excluding ortho intramolecular Hbond substituents is 1. The molecule has 0 saturated carbocycles. The quantitative estimate of drug-likeness (QED) is 0.359. The van der Waals surface area contributed by atoms with Gasteiger partial charge in [-0.15, -0.1) is 0 Å². The molecule has 1 aliphatic rings. The number of benzene rings is 1. The van der Waals surface area contributed by atoms with Crippen LogP contribution in [0.5, 0.6) is 5.75 Å². The third-order valence-corrected chi connectivity index (χ3v) is 1.95. The zero-order valence-corrected chi connectivity index (χ0v) is 9.60. The monoisotopic (exact) mass is 276 g/mol. The molecular weight excluding hydrogens is 263 g/mol. The van der Waals surface area contributed by atoms with Gasteiger partial charge >= 0.3 is 41.6 Å². The Morgan fingerprint density at radius 1 is 1.26 bits per heavy atom. The summed E-state index contributed by atoms with van der Waals surface area (Å²) < 4.78 is 4.46. The van der Waals surface area contributed by atoms with Crippen molar-refractivity contribution in [2.75, 3.05) is 13.7 Å². The van der Waals surface area contributed by atoms with Crippen molar-refractivity contribution in [2.24, 2.45) is 0 Å². The van der Waals surface area contributed by atoms with Crippen LogP contribution in [0.3, 0.4) is 0 Å². The van der Waals surface area contributed by atoms with Gasteiger partial charge in [-0.2, -0.15) is 0 Å². The Morgan fingerprint density at radius 2 is 1.84 bits per heavy atom. The average Bonchev–Trinajstić information content (AvgIpc) is 2.74. The second-order valence-corrected chi connectivity index (χ2v) is 3.27. The van der Waals surface area contributed by atoms with Gasteiger partial charge in [0.2, 0.25) is 5.91 Å². The topological polar surface area (TPSA) is 105 Å². The number of carbonyl (C=O) groups excluding carboxylic acids is 3. The summed E-state index contributed by atoms with van der Waals surface area (Å²) in [4.78, 5) is 30.9. The van der Waals surface area contributed by atoms with Gasteiger partial charge in [-0.05, 0) is 24.3 Å². The predicted octanol–water partition coefficient (Wildman–Crippen LogP) is -0.644. The molecule has 1 heterocycles. The zero-order chi connectivity index (χ0) is 13.5. The number of imide groups is 1. The Morgan fingerprint density at radius 3 is 2.16 bits per heavy atom. The Labute approximate surface area is 131 Å². The van der Waals surface area contributed by atoms with E-state index in [1.165, 1.54) is 31.4 Å².